The van der Waals surface area contributed by atoms with Gasteiger partial charge in [0.1, 0.15) is 0 Å². The largest absolute Gasteiger partial charge is 0.383 e. The molecule has 0 amide bonds. The summed E-state index contributed by atoms with van der Waals surface area (Å²) in [6, 6.07) is 0.220. The molecule has 0 saturated carbocycles. The lowest BCUT2D eigenvalue weighted by Crippen LogP contribution is -2.47. The number of methoxy groups -OCH3 is 1. The van der Waals surface area contributed by atoms with Crippen molar-refractivity contribution in [1.29, 1.82) is 0 Å². The van der Waals surface area contributed by atoms with Gasteiger partial charge in [-0.3, -0.25) is 11.3 Å². The molecule has 1 unspecified atom stereocenters. The van der Waals surface area contributed by atoms with E-state index in [0.717, 1.165) is 0 Å². The van der Waals surface area contributed by atoms with Crippen LogP contribution < -0.4 is 11.3 Å². The molecule has 0 bridgehead atoms. The van der Waals surface area contributed by atoms with E-state index in [-0.39, 0.29) is 11.5 Å². The average molecular weight is 146 g/mol. The Morgan fingerprint density at radius 3 is 2.10 bits per heavy atom. The van der Waals surface area contributed by atoms with Crippen molar-refractivity contribution in [2.45, 2.75) is 26.8 Å². The Labute approximate surface area is 62.9 Å². The molecule has 0 aromatic carbocycles. The SMILES string of the molecule is COCC(NN)C(C)(C)C. The van der Waals surface area contributed by atoms with E-state index in [2.05, 4.69) is 26.2 Å². The first-order valence-corrected chi connectivity index (χ1v) is 3.47. The number of nitrogens with one attached hydrogen (secondary N) is 1. The normalized spacial score (nSPS) is 15.3. The zero-order chi connectivity index (χ0) is 8.20. The van der Waals surface area contributed by atoms with Crippen molar-refractivity contribution in [2.24, 2.45) is 11.3 Å². The van der Waals surface area contributed by atoms with Crippen molar-refractivity contribution < 1.29 is 4.74 Å². The maximum Gasteiger partial charge on any atom is 0.0634 e. The number of ether oxygens (including phenoxy) is 1. The van der Waals surface area contributed by atoms with Crippen LogP contribution in [0, 0.1) is 5.41 Å². The van der Waals surface area contributed by atoms with E-state index >= 15 is 0 Å². The Bertz CT molecular complexity index is 88.1. The van der Waals surface area contributed by atoms with Crippen LogP contribution in [0.5, 0.6) is 0 Å². The third-order valence-electron chi connectivity index (χ3n) is 1.58. The molecule has 3 N–H and O–H groups in total. The summed E-state index contributed by atoms with van der Waals surface area (Å²) in [5, 5.41) is 0. The minimum atomic E-state index is 0.157. The highest BCUT2D eigenvalue weighted by molar-refractivity contribution is 4.77. The Morgan fingerprint density at radius 1 is 1.50 bits per heavy atom. The third-order valence-corrected chi connectivity index (χ3v) is 1.58. The lowest BCUT2D eigenvalue weighted by Gasteiger charge is -2.29. The van der Waals surface area contributed by atoms with Gasteiger partial charge in [0.25, 0.3) is 0 Å². The van der Waals surface area contributed by atoms with Crippen LogP contribution in [0.25, 0.3) is 0 Å². The molecule has 0 aliphatic carbocycles. The molecule has 0 aromatic rings. The molecular formula is C7H18N2O. The minimum Gasteiger partial charge on any atom is -0.383 e. The molecule has 1 atom stereocenters. The van der Waals surface area contributed by atoms with Crippen LogP contribution in [0.2, 0.25) is 0 Å². The molecular weight excluding hydrogens is 128 g/mol. The van der Waals surface area contributed by atoms with Gasteiger partial charge in [-0.05, 0) is 5.41 Å². The summed E-state index contributed by atoms with van der Waals surface area (Å²) in [5.74, 6) is 5.31. The van der Waals surface area contributed by atoms with E-state index in [1.54, 1.807) is 7.11 Å². The highest BCUT2D eigenvalue weighted by Crippen LogP contribution is 2.18. The second-order valence-corrected chi connectivity index (χ2v) is 3.54. The van der Waals surface area contributed by atoms with Crippen molar-refractivity contribution in [2.75, 3.05) is 13.7 Å². The summed E-state index contributed by atoms with van der Waals surface area (Å²) in [6.45, 7) is 7.02. The van der Waals surface area contributed by atoms with Crippen LogP contribution in [-0.2, 0) is 4.74 Å². The first-order chi connectivity index (χ1) is 4.52. The topological polar surface area (TPSA) is 47.3 Å². The van der Waals surface area contributed by atoms with Gasteiger partial charge in [0, 0.05) is 13.2 Å². The number of rotatable bonds is 3. The Balaban J connectivity index is 3.81. The fourth-order valence-corrected chi connectivity index (χ4v) is 0.715. The monoisotopic (exact) mass is 146 g/mol. The molecule has 3 nitrogen and oxygen atoms in total. The Hall–Kier alpha value is -0.120. The standard InChI is InChI=1S/C7H18N2O/c1-7(2,3)6(9-8)5-10-4/h6,9H,5,8H2,1-4H3. The molecule has 62 valence electrons. The van der Waals surface area contributed by atoms with Crippen molar-refractivity contribution in [3.05, 3.63) is 0 Å². The zero-order valence-electron chi connectivity index (χ0n) is 7.27. The van der Waals surface area contributed by atoms with Gasteiger partial charge in [0.15, 0.2) is 0 Å². The first kappa shape index (κ1) is 9.88. The number of hydrogen-bond donors (Lipinski definition) is 2. The summed E-state index contributed by atoms with van der Waals surface area (Å²) < 4.78 is 4.98. The van der Waals surface area contributed by atoms with Crippen molar-refractivity contribution in [1.82, 2.24) is 5.43 Å². The van der Waals surface area contributed by atoms with Gasteiger partial charge in [-0.1, -0.05) is 20.8 Å². The maximum atomic E-state index is 5.31. The summed E-state index contributed by atoms with van der Waals surface area (Å²) in [5.41, 5.74) is 2.88. The van der Waals surface area contributed by atoms with Crippen molar-refractivity contribution >= 4 is 0 Å². The van der Waals surface area contributed by atoms with E-state index < -0.39 is 0 Å². The highest BCUT2D eigenvalue weighted by atomic mass is 16.5. The smallest absolute Gasteiger partial charge is 0.0634 e. The molecule has 0 aliphatic rings. The molecule has 0 heterocycles. The van der Waals surface area contributed by atoms with E-state index in [1.165, 1.54) is 0 Å². The molecule has 10 heavy (non-hydrogen) atoms. The van der Waals surface area contributed by atoms with Crippen LogP contribution in [0.15, 0.2) is 0 Å². The summed E-state index contributed by atoms with van der Waals surface area (Å²) >= 11 is 0. The predicted octanol–water partition coefficient (Wildman–Crippen LogP) is 0.511. The fourth-order valence-electron chi connectivity index (χ4n) is 0.715. The average Bonchev–Trinajstić information content (AvgIpc) is 1.80. The summed E-state index contributed by atoms with van der Waals surface area (Å²) in [7, 11) is 1.68. The maximum absolute atomic E-state index is 5.31. The van der Waals surface area contributed by atoms with Gasteiger partial charge in [0.2, 0.25) is 0 Å². The number of hydrazine groups is 1. The van der Waals surface area contributed by atoms with Gasteiger partial charge in [-0.2, -0.15) is 0 Å². The zero-order valence-corrected chi connectivity index (χ0v) is 7.27. The van der Waals surface area contributed by atoms with Gasteiger partial charge in [-0.25, -0.2) is 0 Å². The quantitative estimate of drug-likeness (QED) is 0.450. The first-order valence-electron chi connectivity index (χ1n) is 3.47. The lowest BCUT2D eigenvalue weighted by atomic mass is 9.88. The second kappa shape index (κ2) is 3.91. The van der Waals surface area contributed by atoms with Gasteiger partial charge in [-0.15, -0.1) is 0 Å². The lowest BCUT2D eigenvalue weighted by molar-refractivity contribution is 0.114. The van der Waals surface area contributed by atoms with Gasteiger partial charge >= 0.3 is 0 Å². The van der Waals surface area contributed by atoms with Crippen molar-refractivity contribution in [3.8, 4) is 0 Å². The fraction of sp³-hybridized carbons (Fsp3) is 1.00. The summed E-state index contributed by atoms with van der Waals surface area (Å²) in [4.78, 5) is 0. The molecule has 0 fully saturated rings. The van der Waals surface area contributed by atoms with Crippen molar-refractivity contribution in [3.63, 3.8) is 0 Å². The number of hydrogen-bond acceptors (Lipinski definition) is 3. The number of nitrogens with two attached hydrogens (primary N) is 1. The molecule has 0 aliphatic heterocycles. The van der Waals surface area contributed by atoms with Crippen LogP contribution in [0.1, 0.15) is 20.8 Å². The minimum absolute atomic E-state index is 0.157. The molecule has 0 saturated heterocycles. The van der Waals surface area contributed by atoms with Crippen LogP contribution >= 0.6 is 0 Å². The van der Waals surface area contributed by atoms with E-state index in [9.17, 15) is 0 Å². The van der Waals surface area contributed by atoms with Crippen LogP contribution in [0.4, 0.5) is 0 Å². The molecule has 0 aromatic heterocycles. The Morgan fingerprint density at radius 2 is 2.00 bits per heavy atom. The van der Waals surface area contributed by atoms with Gasteiger partial charge < -0.3 is 4.74 Å². The molecule has 0 rings (SSSR count). The summed E-state index contributed by atoms with van der Waals surface area (Å²) in [6.07, 6.45) is 0. The van der Waals surface area contributed by atoms with Crippen LogP contribution in [0.3, 0.4) is 0 Å². The molecule has 0 spiro atoms. The highest BCUT2D eigenvalue weighted by Gasteiger charge is 2.22. The third kappa shape index (κ3) is 3.15. The molecule has 0 radical (unpaired) electrons. The Kier molecular flexibility index (Phi) is 3.86. The molecule has 3 heteroatoms. The van der Waals surface area contributed by atoms with E-state index in [4.69, 9.17) is 10.6 Å². The second-order valence-electron chi connectivity index (χ2n) is 3.54. The van der Waals surface area contributed by atoms with Gasteiger partial charge in [0.05, 0.1) is 6.61 Å². The van der Waals surface area contributed by atoms with E-state index in [0.29, 0.717) is 6.61 Å². The van der Waals surface area contributed by atoms with E-state index in [1.807, 2.05) is 0 Å². The van der Waals surface area contributed by atoms with Crippen LogP contribution in [-0.4, -0.2) is 19.8 Å². The predicted molar refractivity (Wildman–Crippen MR) is 42.4 cm³/mol.